The first kappa shape index (κ1) is 12.7. The summed E-state index contributed by atoms with van der Waals surface area (Å²) in [6, 6.07) is 3.77. The normalized spacial score (nSPS) is 28.3. The van der Waals surface area contributed by atoms with Gasteiger partial charge in [-0.15, -0.1) is 0 Å². The molecule has 0 aliphatic carbocycles. The summed E-state index contributed by atoms with van der Waals surface area (Å²) in [5.74, 6) is 2.08. The van der Waals surface area contributed by atoms with Gasteiger partial charge >= 0.3 is 0 Å². The van der Waals surface area contributed by atoms with Crippen molar-refractivity contribution in [2.75, 3.05) is 13.1 Å². The van der Waals surface area contributed by atoms with Crippen LogP contribution in [0.3, 0.4) is 0 Å². The minimum atomic E-state index is 0.437. The summed E-state index contributed by atoms with van der Waals surface area (Å²) >= 11 is 0. The van der Waals surface area contributed by atoms with Gasteiger partial charge in [0.1, 0.15) is 11.5 Å². The molecule has 0 amide bonds. The summed E-state index contributed by atoms with van der Waals surface area (Å²) in [6.45, 7) is 13.1. The Morgan fingerprint density at radius 2 is 2.12 bits per heavy atom. The van der Waals surface area contributed by atoms with Gasteiger partial charge in [-0.25, -0.2) is 0 Å². The van der Waals surface area contributed by atoms with Crippen LogP contribution in [0.2, 0.25) is 0 Å². The molecule has 3 nitrogen and oxygen atoms in total. The summed E-state index contributed by atoms with van der Waals surface area (Å²) < 4.78 is 5.65. The molecule has 1 N–H and O–H groups in total. The van der Waals surface area contributed by atoms with Crippen molar-refractivity contribution in [3.8, 4) is 0 Å². The quantitative estimate of drug-likeness (QED) is 0.855. The highest BCUT2D eigenvalue weighted by molar-refractivity contribution is 5.24. The Morgan fingerprint density at radius 1 is 1.41 bits per heavy atom. The van der Waals surface area contributed by atoms with E-state index < -0.39 is 0 Å². The standard InChI is InChI=1S/C14H24N2O/c1-9-8-16(10(2)7-15-9)12(4)14-6-11(3)17-13(14)5/h6,9-10,12,15H,7-8H2,1-5H3. The van der Waals surface area contributed by atoms with E-state index in [4.69, 9.17) is 4.42 Å². The lowest BCUT2D eigenvalue weighted by Crippen LogP contribution is -2.54. The maximum Gasteiger partial charge on any atom is 0.105 e. The van der Waals surface area contributed by atoms with Crippen LogP contribution in [0.5, 0.6) is 0 Å². The topological polar surface area (TPSA) is 28.4 Å². The van der Waals surface area contributed by atoms with Crippen molar-refractivity contribution in [1.82, 2.24) is 10.2 Å². The smallest absolute Gasteiger partial charge is 0.105 e. The van der Waals surface area contributed by atoms with E-state index in [0.29, 0.717) is 18.1 Å². The molecule has 1 aromatic heterocycles. The lowest BCUT2D eigenvalue weighted by molar-refractivity contribution is 0.103. The zero-order chi connectivity index (χ0) is 12.6. The number of nitrogens with zero attached hydrogens (tertiary/aromatic N) is 1. The molecule has 3 unspecified atom stereocenters. The second-order valence-electron chi connectivity index (χ2n) is 5.40. The fourth-order valence-corrected chi connectivity index (χ4v) is 2.83. The highest BCUT2D eigenvalue weighted by atomic mass is 16.3. The van der Waals surface area contributed by atoms with Crippen molar-refractivity contribution in [3.05, 3.63) is 23.2 Å². The van der Waals surface area contributed by atoms with Gasteiger partial charge in [0.05, 0.1) is 0 Å². The largest absolute Gasteiger partial charge is 0.466 e. The number of hydrogen-bond donors (Lipinski definition) is 1. The molecule has 3 heteroatoms. The zero-order valence-electron chi connectivity index (χ0n) is 11.6. The third-order valence-electron chi connectivity index (χ3n) is 3.84. The fourth-order valence-electron chi connectivity index (χ4n) is 2.83. The van der Waals surface area contributed by atoms with Crippen molar-refractivity contribution in [1.29, 1.82) is 0 Å². The molecule has 1 aliphatic rings. The predicted octanol–water partition coefficient (Wildman–Crippen LogP) is 2.64. The molecule has 0 spiro atoms. The van der Waals surface area contributed by atoms with Gasteiger partial charge in [0.25, 0.3) is 0 Å². The molecule has 1 aromatic rings. The van der Waals surface area contributed by atoms with E-state index in [2.05, 4.69) is 44.0 Å². The van der Waals surface area contributed by atoms with Gasteiger partial charge in [0.2, 0.25) is 0 Å². The van der Waals surface area contributed by atoms with Gasteiger partial charge in [0, 0.05) is 36.8 Å². The molecule has 1 saturated heterocycles. The van der Waals surface area contributed by atoms with Crippen molar-refractivity contribution in [2.45, 2.75) is 52.7 Å². The van der Waals surface area contributed by atoms with Crippen molar-refractivity contribution < 1.29 is 4.42 Å². The minimum absolute atomic E-state index is 0.437. The average Bonchev–Trinajstić information content (AvgIpc) is 2.60. The predicted molar refractivity (Wildman–Crippen MR) is 70.2 cm³/mol. The number of nitrogens with one attached hydrogen (secondary N) is 1. The molecular weight excluding hydrogens is 212 g/mol. The third-order valence-corrected chi connectivity index (χ3v) is 3.84. The Hall–Kier alpha value is -0.800. The van der Waals surface area contributed by atoms with Crippen LogP contribution in [0, 0.1) is 13.8 Å². The van der Waals surface area contributed by atoms with Crippen molar-refractivity contribution >= 4 is 0 Å². The molecule has 2 heterocycles. The Bertz CT molecular complexity index is 386. The number of piperazine rings is 1. The van der Waals surface area contributed by atoms with Gasteiger partial charge in [-0.3, -0.25) is 4.90 Å². The average molecular weight is 236 g/mol. The summed E-state index contributed by atoms with van der Waals surface area (Å²) in [6.07, 6.45) is 0. The van der Waals surface area contributed by atoms with Crippen LogP contribution >= 0.6 is 0 Å². The summed E-state index contributed by atoms with van der Waals surface area (Å²) in [4.78, 5) is 2.57. The molecule has 0 saturated carbocycles. The molecule has 3 atom stereocenters. The van der Waals surface area contributed by atoms with E-state index in [9.17, 15) is 0 Å². The Morgan fingerprint density at radius 3 is 2.71 bits per heavy atom. The van der Waals surface area contributed by atoms with Gasteiger partial charge < -0.3 is 9.73 Å². The van der Waals surface area contributed by atoms with Crippen LogP contribution in [0.15, 0.2) is 10.5 Å². The van der Waals surface area contributed by atoms with Crippen LogP contribution in [-0.4, -0.2) is 30.1 Å². The first-order valence-corrected chi connectivity index (χ1v) is 6.55. The first-order valence-electron chi connectivity index (χ1n) is 6.55. The lowest BCUT2D eigenvalue weighted by atomic mass is 10.0. The second-order valence-corrected chi connectivity index (χ2v) is 5.40. The Kier molecular flexibility index (Phi) is 3.59. The van der Waals surface area contributed by atoms with E-state index in [-0.39, 0.29) is 0 Å². The van der Waals surface area contributed by atoms with Gasteiger partial charge in [-0.1, -0.05) is 0 Å². The zero-order valence-corrected chi connectivity index (χ0v) is 11.6. The van der Waals surface area contributed by atoms with Crippen LogP contribution in [0.4, 0.5) is 0 Å². The number of hydrogen-bond acceptors (Lipinski definition) is 3. The van der Waals surface area contributed by atoms with Crippen LogP contribution in [-0.2, 0) is 0 Å². The van der Waals surface area contributed by atoms with Crippen molar-refractivity contribution in [3.63, 3.8) is 0 Å². The van der Waals surface area contributed by atoms with E-state index in [0.717, 1.165) is 24.6 Å². The molecule has 96 valence electrons. The summed E-state index contributed by atoms with van der Waals surface area (Å²) in [5.41, 5.74) is 1.34. The molecule has 0 bridgehead atoms. The first-order chi connectivity index (χ1) is 7.99. The fraction of sp³-hybridized carbons (Fsp3) is 0.714. The third kappa shape index (κ3) is 2.55. The molecule has 0 radical (unpaired) electrons. The maximum atomic E-state index is 5.65. The molecule has 1 aliphatic heterocycles. The SMILES string of the molecule is Cc1cc(C(C)N2CC(C)NCC2C)c(C)o1. The molecule has 17 heavy (non-hydrogen) atoms. The molecule has 0 aromatic carbocycles. The van der Waals surface area contributed by atoms with Crippen LogP contribution < -0.4 is 5.32 Å². The molecular formula is C14H24N2O. The summed E-state index contributed by atoms with van der Waals surface area (Å²) in [7, 11) is 0. The van der Waals surface area contributed by atoms with E-state index in [1.807, 2.05) is 6.92 Å². The highest BCUT2D eigenvalue weighted by Gasteiger charge is 2.28. The molecule has 2 rings (SSSR count). The number of aryl methyl sites for hydroxylation is 2. The Balaban J connectivity index is 2.18. The monoisotopic (exact) mass is 236 g/mol. The second kappa shape index (κ2) is 4.83. The lowest BCUT2D eigenvalue weighted by Gasteiger charge is -2.41. The number of rotatable bonds is 2. The van der Waals surface area contributed by atoms with Crippen LogP contribution in [0.25, 0.3) is 0 Å². The number of furan rings is 1. The van der Waals surface area contributed by atoms with Gasteiger partial charge in [-0.2, -0.15) is 0 Å². The molecule has 1 fully saturated rings. The van der Waals surface area contributed by atoms with Crippen molar-refractivity contribution in [2.24, 2.45) is 0 Å². The van der Waals surface area contributed by atoms with E-state index in [1.54, 1.807) is 0 Å². The van der Waals surface area contributed by atoms with E-state index >= 15 is 0 Å². The van der Waals surface area contributed by atoms with Crippen LogP contribution in [0.1, 0.15) is 43.9 Å². The van der Waals surface area contributed by atoms with Gasteiger partial charge in [0.15, 0.2) is 0 Å². The maximum absolute atomic E-state index is 5.65. The van der Waals surface area contributed by atoms with E-state index in [1.165, 1.54) is 5.56 Å². The minimum Gasteiger partial charge on any atom is -0.466 e. The van der Waals surface area contributed by atoms with Gasteiger partial charge in [-0.05, 0) is 40.7 Å². The summed E-state index contributed by atoms with van der Waals surface area (Å²) in [5, 5.41) is 3.52. The Labute approximate surface area is 104 Å². The highest BCUT2D eigenvalue weighted by Crippen LogP contribution is 2.28.